The van der Waals surface area contributed by atoms with Crippen LogP contribution in [0.25, 0.3) is 11.9 Å². The van der Waals surface area contributed by atoms with E-state index in [2.05, 4.69) is 40.8 Å². The highest BCUT2D eigenvalue weighted by atomic mass is 19.3. The van der Waals surface area contributed by atoms with E-state index in [-0.39, 0.29) is 79.8 Å². The summed E-state index contributed by atoms with van der Waals surface area (Å²) in [6.45, 7) is 5.77. The molecule has 0 unspecified atom stereocenters. The van der Waals surface area contributed by atoms with Gasteiger partial charge in [0.1, 0.15) is 23.0 Å². The number of Topliss-reactive ketones (excluding diaryl/α,β-unsaturated/α-hetero) is 1. The number of ketones is 1. The summed E-state index contributed by atoms with van der Waals surface area (Å²) in [5.41, 5.74) is 1.31. The summed E-state index contributed by atoms with van der Waals surface area (Å²) < 4.78 is 83.4. The minimum Gasteiger partial charge on any atom is -0.367 e. The maximum Gasteiger partial charge on any atom is 0.287 e. The fourth-order valence-electron chi connectivity index (χ4n) is 5.47. The molecule has 2 N–H and O–H groups in total. The van der Waals surface area contributed by atoms with Crippen LogP contribution in [0, 0.1) is 13.8 Å². The second kappa shape index (κ2) is 14.1. The fraction of sp³-hybridized carbons (Fsp3) is 0.531. The highest BCUT2D eigenvalue weighted by molar-refractivity contribution is 5.92. The van der Waals surface area contributed by atoms with Crippen LogP contribution in [-0.2, 0) is 5.92 Å². The van der Waals surface area contributed by atoms with Gasteiger partial charge in [0, 0.05) is 76.1 Å². The smallest absolute Gasteiger partial charge is 0.287 e. The maximum atomic E-state index is 13.8. The van der Waals surface area contributed by atoms with E-state index < -0.39 is 23.5 Å². The van der Waals surface area contributed by atoms with Gasteiger partial charge in [-0.3, -0.25) is 4.79 Å². The van der Waals surface area contributed by atoms with E-state index >= 15 is 0 Å². The Morgan fingerprint density at radius 1 is 0.755 bits per heavy atom. The van der Waals surface area contributed by atoms with E-state index in [0.717, 1.165) is 18.7 Å². The number of aryl methyl sites for hydroxylation is 2. The number of nitrogens with zero attached hydrogens (tertiary/aromatic N) is 8. The largest absolute Gasteiger partial charge is 0.367 e. The van der Waals surface area contributed by atoms with Crippen molar-refractivity contribution in [2.24, 2.45) is 0 Å². The van der Waals surface area contributed by atoms with Gasteiger partial charge in [0.15, 0.2) is 5.78 Å². The van der Waals surface area contributed by atoms with Gasteiger partial charge in [-0.25, -0.2) is 36.9 Å². The van der Waals surface area contributed by atoms with Crippen LogP contribution in [0.15, 0.2) is 36.7 Å². The number of carbonyl (C=O) groups excluding carboxylic acids is 1. The molecule has 4 aromatic heterocycles. The van der Waals surface area contributed by atoms with E-state index in [1.807, 2.05) is 6.92 Å². The number of hydrogen-bond donors (Lipinski definition) is 2. The molecule has 4 heterocycles. The lowest BCUT2D eigenvalue weighted by Gasteiger charge is -2.29. The van der Waals surface area contributed by atoms with Gasteiger partial charge >= 0.3 is 0 Å². The van der Waals surface area contributed by atoms with Gasteiger partial charge in [-0.2, -0.15) is 28.9 Å². The zero-order valence-corrected chi connectivity index (χ0v) is 27.5. The molecule has 0 spiro atoms. The third-order valence-electron chi connectivity index (χ3n) is 8.23. The molecule has 4 aromatic rings. The van der Waals surface area contributed by atoms with Gasteiger partial charge in [0.25, 0.3) is 17.8 Å². The van der Waals surface area contributed by atoms with Gasteiger partial charge in [-0.15, -0.1) is 0 Å². The molecular formula is C32H38F6N10O. The van der Waals surface area contributed by atoms with Crippen molar-refractivity contribution in [2.75, 3.05) is 10.6 Å². The van der Waals surface area contributed by atoms with Crippen LogP contribution in [0.4, 0.5) is 38.0 Å². The van der Waals surface area contributed by atoms with Crippen molar-refractivity contribution in [2.45, 2.75) is 109 Å². The van der Waals surface area contributed by atoms with E-state index in [1.165, 1.54) is 16.3 Å². The first-order valence-corrected chi connectivity index (χ1v) is 16.0. The molecule has 0 aliphatic heterocycles. The molecule has 264 valence electrons. The summed E-state index contributed by atoms with van der Waals surface area (Å²) in [6.07, 6.45) is 3.80. The van der Waals surface area contributed by atoms with Crippen LogP contribution in [-0.4, -0.2) is 69.2 Å². The van der Waals surface area contributed by atoms with Crippen molar-refractivity contribution in [3.8, 4) is 11.9 Å². The third kappa shape index (κ3) is 9.75. The SMILES string of the molecule is CC(=O)c1cc(NC2CCC(F)(F)CC2)nc(-n2ccc(C)n2)n1.Cc1ccn(-c2nc(NC3CCC(F)(F)CC3)cc(C(C)(F)F)n2)n1. The molecule has 11 nitrogen and oxygen atoms in total. The first kappa shape index (κ1) is 35.7. The Morgan fingerprint density at radius 2 is 1.18 bits per heavy atom. The van der Waals surface area contributed by atoms with Gasteiger partial charge < -0.3 is 10.6 Å². The average molecular weight is 693 g/mol. The topological polar surface area (TPSA) is 128 Å². The van der Waals surface area contributed by atoms with Crippen molar-refractivity contribution in [3.63, 3.8) is 0 Å². The number of carbonyl (C=O) groups is 1. The molecule has 2 saturated carbocycles. The first-order valence-electron chi connectivity index (χ1n) is 16.0. The Kier molecular flexibility index (Phi) is 10.3. The molecule has 0 aromatic carbocycles. The van der Waals surface area contributed by atoms with E-state index in [1.54, 1.807) is 37.5 Å². The van der Waals surface area contributed by atoms with Crippen LogP contribution in [0.1, 0.15) is 92.8 Å². The molecule has 17 heteroatoms. The molecule has 49 heavy (non-hydrogen) atoms. The number of nitrogens with one attached hydrogen (secondary N) is 2. The molecule has 0 bridgehead atoms. The Bertz CT molecular complexity index is 1750. The first-order chi connectivity index (χ1) is 22.9. The zero-order valence-electron chi connectivity index (χ0n) is 27.5. The van der Waals surface area contributed by atoms with Crippen molar-refractivity contribution < 1.29 is 31.1 Å². The third-order valence-corrected chi connectivity index (χ3v) is 8.23. The van der Waals surface area contributed by atoms with Crippen LogP contribution in [0.2, 0.25) is 0 Å². The fourth-order valence-corrected chi connectivity index (χ4v) is 5.47. The molecule has 0 atom stereocenters. The lowest BCUT2D eigenvalue weighted by molar-refractivity contribution is -0.0366. The lowest BCUT2D eigenvalue weighted by Crippen LogP contribution is -2.32. The normalized spacial score (nSPS) is 18.0. The summed E-state index contributed by atoms with van der Waals surface area (Å²) in [4.78, 5) is 28.4. The predicted molar refractivity (Wildman–Crippen MR) is 169 cm³/mol. The summed E-state index contributed by atoms with van der Waals surface area (Å²) in [5, 5.41) is 14.5. The monoisotopic (exact) mass is 692 g/mol. The molecule has 2 fully saturated rings. The number of hydrogen-bond acceptors (Lipinski definition) is 9. The van der Waals surface area contributed by atoms with Gasteiger partial charge in [-0.05, 0) is 51.7 Å². The predicted octanol–water partition coefficient (Wildman–Crippen LogP) is 7.24. The highest BCUT2D eigenvalue weighted by Gasteiger charge is 2.36. The molecule has 6 rings (SSSR count). The Morgan fingerprint density at radius 3 is 1.57 bits per heavy atom. The molecule has 2 aliphatic carbocycles. The second-order valence-electron chi connectivity index (χ2n) is 12.7. The van der Waals surface area contributed by atoms with Crippen molar-refractivity contribution in [1.29, 1.82) is 0 Å². The Labute approximate surface area is 279 Å². The Balaban J connectivity index is 0.000000191. The molecule has 0 radical (unpaired) electrons. The van der Waals surface area contributed by atoms with Crippen LogP contribution >= 0.6 is 0 Å². The molecular weight excluding hydrogens is 654 g/mol. The van der Waals surface area contributed by atoms with Crippen molar-refractivity contribution >= 4 is 17.4 Å². The van der Waals surface area contributed by atoms with Crippen LogP contribution < -0.4 is 10.6 Å². The van der Waals surface area contributed by atoms with E-state index in [0.29, 0.717) is 24.4 Å². The number of aromatic nitrogens is 8. The van der Waals surface area contributed by atoms with Gasteiger partial charge in [0.05, 0.1) is 11.4 Å². The van der Waals surface area contributed by atoms with Crippen molar-refractivity contribution in [1.82, 2.24) is 39.5 Å². The second-order valence-corrected chi connectivity index (χ2v) is 12.7. The highest BCUT2D eigenvalue weighted by Crippen LogP contribution is 2.36. The standard InChI is InChI=1S/C16H19F4N5.C16H19F2N5O/c1-10-5-8-25(24-10)14-22-12(15(2,17)18)9-13(23-14)21-11-3-6-16(19,20)7-4-11;1-10-5-8-23(22-10)15-20-13(11(2)24)9-14(21-15)19-12-3-6-16(17,18)7-4-12/h5,8-9,11H,3-4,6-7H2,1-2H3,(H,21,22,23);5,8-9,12H,3-4,6-7H2,1-2H3,(H,19,20,21). The van der Waals surface area contributed by atoms with Crippen LogP contribution in [0.5, 0.6) is 0 Å². The van der Waals surface area contributed by atoms with Crippen LogP contribution in [0.3, 0.4) is 0 Å². The van der Waals surface area contributed by atoms with E-state index in [9.17, 15) is 31.1 Å². The summed E-state index contributed by atoms with van der Waals surface area (Å²) in [6, 6.07) is 5.89. The Hall–Kier alpha value is -4.57. The number of rotatable bonds is 8. The zero-order chi connectivity index (χ0) is 35.6. The van der Waals surface area contributed by atoms with Crippen molar-refractivity contribution in [3.05, 3.63) is 59.4 Å². The quantitative estimate of drug-likeness (QED) is 0.145. The molecule has 0 amide bonds. The summed E-state index contributed by atoms with van der Waals surface area (Å²) in [7, 11) is 0. The number of halogens is 6. The van der Waals surface area contributed by atoms with Gasteiger partial charge in [-0.1, -0.05) is 0 Å². The summed E-state index contributed by atoms with van der Waals surface area (Å²) in [5.74, 6) is -7.65. The lowest BCUT2D eigenvalue weighted by atomic mass is 9.92. The average Bonchev–Trinajstić information content (AvgIpc) is 3.67. The number of anilines is 2. The van der Waals surface area contributed by atoms with Gasteiger partial charge in [0.2, 0.25) is 11.8 Å². The minimum absolute atomic E-state index is 0.00997. The maximum absolute atomic E-state index is 13.8. The minimum atomic E-state index is -3.16. The molecule has 0 saturated heterocycles. The molecule has 2 aliphatic rings. The van der Waals surface area contributed by atoms with E-state index in [4.69, 9.17) is 0 Å². The summed E-state index contributed by atoms with van der Waals surface area (Å²) >= 11 is 0. The number of alkyl halides is 6.